The summed E-state index contributed by atoms with van der Waals surface area (Å²) in [5, 5.41) is 4.65. The largest absolute Gasteiger partial charge is 0.380 e. The van der Waals surface area contributed by atoms with Crippen molar-refractivity contribution in [2.24, 2.45) is 0 Å². The molecule has 0 saturated carbocycles. The van der Waals surface area contributed by atoms with Crippen molar-refractivity contribution in [2.45, 2.75) is 26.8 Å². The monoisotopic (exact) mass is 310 g/mol. The van der Waals surface area contributed by atoms with E-state index in [1.165, 1.54) is 21.1 Å². The molecule has 0 spiro atoms. The van der Waals surface area contributed by atoms with E-state index in [0.29, 0.717) is 0 Å². The highest BCUT2D eigenvalue weighted by atomic mass is 79.9. The van der Waals surface area contributed by atoms with Crippen LogP contribution in [0.2, 0.25) is 0 Å². The lowest BCUT2D eigenvalue weighted by Gasteiger charge is -2.08. The van der Waals surface area contributed by atoms with Crippen molar-refractivity contribution in [3.8, 4) is 0 Å². The van der Waals surface area contributed by atoms with Gasteiger partial charge in [-0.3, -0.25) is 0 Å². The molecule has 0 aliphatic rings. The predicted molar refractivity (Wildman–Crippen MR) is 77.7 cm³/mol. The average molecular weight is 311 g/mol. The van der Waals surface area contributed by atoms with Gasteiger partial charge in [-0.1, -0.05) is 28.9 Å². The first-order valence-corrected chi connectivity index (χ1v) is 7.23. The van der Waals surface area contributed by atoms with Crippen LogP contribution in [0.5, 0.6) is 0 Å². The third-order valence-corrected chi connectivity index (χ3v) is 4.19. The topological polar surface area (TPSA) is 24.9 Å². The zero-order valence-corrected chi connectivity index (χ0v) is 12.4. The molecular formula is C13H15BrN2S. The van der Waals surface area contributed by atoms with Crippen molar-refractivity contribution in [1.82, 2.24) is 4.98 Å². The second-order valence-electron chi connectivity index (χ2n) is 3.89. The van der Waals surface area contributed by atoms with E-state index in [9.17, 15) is 0 Å². The van der Waals surface area contributed by atoms with Crippen molar-refractivity contribution < 1.29 is 0 Å². The Hall–Kier alpha value is -0.870. The van der Waals surface area contributed by atoms with Crippen molar-refractivity contribution >= 4 is 33.0 Å². The Morgan fingerprint density at radius 1 is 1.41 bits per heavy atom. The molecule has 1 aromatic carbocycles. The smallest absolute Gasteiger partial charge is 0.0925 e. The molecule has 0 fully saturated rings. The van der Waals surface area contributed by atoms with E-state index in [1.807, 2.05) is 6.20 Å². The van der Waals surface area contributed by atoms with Gasteiger partial charge in [0.15, 0.2) is 0 Å². The summed E-state index contributed by atoms with van der Waals surface area (Å²) in [6.07, 6.45) is 2.98. The maximum Gasteiger partial charge on any atom is 0.0925 e. The Bertz CT molecular complexity index is 508. The van der Waals surface area contributed by atoms with Crippen LogP contribution in [0.1, 0.15) is 22.4 Å². The summed E-state index contributed by atoms with van der Waals surface area (Å²) in [5.74, 6) is 0. The minimum atomic E-state index is 0.842. The third kappa shape index (κ3) is 3.30. The number of nitrogens with zero attached hydrogens (tertiary/aromatic N) is 1. The first kappa shape index (κ1) is 12.6. The van der Waals surface area contributed by atoms with E-state index in [2.05, 4.69) is 58.3 Å². The maximum atomic E-state index is 4.36. The van der Waals surface area contributed by atoms with E-state index in [-0.39, 0.29) is 0 Å². The van der Waals surface area contributed by atoms with E-state index >= 15 is 0 Å². The lowest BCUT2D eigenvalue weighted by atomic mass is 10.2. The lowest BCUT2D eigenvalue weighted by molar-refractivity contribution is 1.09. The number of anilines is 1. The fourth-order valence-electron chi connectivity index (χ4n) is 1.56. The number of rotatable bonds is 4. The van der Waals surface area contributed by atoms with E-state index in [4.69, 9.17) is 0 Å². The summed E-state index contributed by atoms with van der Waals surface area (Å²) in [6, 6.07) is 6.27. The van der Waals surface area contributed by atoms with Crippen LogP contribution in [0.4, 0.5) is 5.69 Å². The molecule has 0 unspecified atom stereocenters. The molecule has 2 nitrogen and oxygen atoms in total. The molecule has 0 atom stereocenters. The second-order valence-corrected chi connectivity index (χ2v) is 6.00. The molecule has 0 amide bonds. The van der Waals surface area contributed by atoms with Crippen LogP contribution in [-0.4, -0.2) is 4.98 Å². The van der Waals surface area contributed by atoms with Crippen LogP contribution >= 0.6 is 27.3 Å². The summed E-state index contributed by atoms with van der Waals surface area (Å²) in [6.45, 7) is 5.09. The molecule has 0 saturated heterocycles. The Kier molecular flexibility index (Phi) is 4.18. The summed E-state index contributed by atoms with van der Waals surface area (Å²) < 4.78 is 1.10. The van der Waals surface area contributed by atoms with Gasteiger partial charge in [0.25, 0.3) is 0 Å². The Labute approximate surface area is 114 Å². The van der Waals surface area contributed by atoms with Gasteiger partial charge >= 0.3 is 0 Å². The number of hydrogen-bond donors (Lipinski definition) is 1. The average Bonchev–Trinajstić information content (AvgIpc) is 2.78. The van der Waals surface area contributed by atoms with Gasteiger partial charge in [-0.25, -0.2) is 4.98 Å². The zero-order chi connectivity index (χ0) is 12.3. The van der Waals surface area contributed by atoms with Gasteiger partial charge in [-0.05, 0) is 31.0 Å². The van der Waals surface area contributed by atoms with Crippen molar-refractivity contribution in [2.75, 3.05) is 5.32 Å². The van der Waals surface area contributed by atoms with Gasteiger partial charge in [0, 0.05) is 21.2 Å². The Morgan fingerprint density at radius 3 is 2.94 bits per heavy atom. The molecule has 1 heterocycles. The number of benzene rings is 1. The molecule has 90 valence electrons. The van der Waals surface area contributed by atoms with Crippen molar-refractivity contribution in [3.63, 3.8) is 0 Å². The number of hydrogen-bond acceptors (Lipinski definition) is 3. The van der Waals surface area contributed by atoms with Crippen molar-refractivity contribution in [1.29, 1.82) is 0 Å². The van der Waals surface area contributed by atoms with Crippen LogP contribution < -0.4 is 5.32 Å². The number of halogens is 1. The molecule has 2 aromatic rings. The van der Waals surface area contributed by atoms with Gasteiger partial charge < -0.3 is 5.32 Å². The first-order valence-electron chi connectivity index (χ1n) is 5.62. The van der Waals surface area contributed by atoms with Crippen LogP contribution in [-0.2, 0) is 13.0 Å². The van der Waals surface area contributed by atoms with Gasteiger partial charge in [0.2, 0.25) is 0 Å². The summed E-state index contributed by atoms with van der Waals surface area (Å²) in [4.78, 5) is 5.64. The molecule has 1 N–H and O–H groups in total. The van der Waals surface area contributed by atoms with E-state index in [1.54, 1.807) is 11.3 Å². The molecule has 0 bridgehead atoms. The second kappa shape index (κ2) is 5.65. The number of nitrogens with one attached hydrogen (secondary N) is 1. The van der Waals surface area contributed by atoms with Crippen LogP contribution in [0.3, 0.4) is 0 Å². The highest BCUT2D eigenvalue weighted by Gasteiger charge is 2.02. The minimum Gasteiger partial charge on any atom is -0.380 e. The number of aryl methyl sites for hydroxylation is 2. The third-order valence-electron chi connectivity index (χ3n) is 2.56. The fourth-order valence-corrected chi connectivity index (χ4v) is 2.72. The predicted octanol–water partition coefficient (Wildman–Crippen LogP) is 4.39. The highest BCUT2D eigenvalue weighted by molar-refractivity contribution is 9.10. The van der Waals surface area contributed by atoms with E-state index in [0.717, 1.165) is 17.4 Å². The van der Waals surface area contributed by atoms with Crippen molar-refractivity contribution in [3.05, 3.63) is 44.3 Å². The Balaban J connectivity index is 2.04. The summed E-state index contributed by atoms with van der Waals surface area (Å²) in [5.41, 5.74) is 2.43. The standard InChI is InChI=1S/C13H15BrN2S/c1-3-13-16-8-11(17-13)7-15-12-6-10(14)5-4-9(12)2/h4-6,8,15H,3,7H2,1-2H3. The maximum absolute atomic E-state index is 4.36. The molecule has 2 rings (SSSR count). The van der Waals surface area contributed by atoms with Crippen LogP contribution in [0.25, 0.3) is 0 Å². The summed E-state index contributed by atoms with van der Waals surface area (Å²) >= 11 is 5.26. The SMILES string of the molecule is CCc1ncc(CNc2cc(Br)ccc2C)s1. The molecular weight excluding hydrogens is 296 g/mol. The molecule has 0 radical (unpaired) electrons. The van der Waals surface area contributed by atoms with Gasteiger partial charge in [0.1, 0.15) is 0 Å². The van der Waals surface area contributed by atoms with Gasteiger partial charge in [-0.15, -0.1) is 11.3 Å². The highest BCUT2D eigenvalue weighted by Crippen LogP contribution is 2.22. The van der Waals surface area contributed by atoms with Crippen LogP contribution in [0, 0.1) is 6.92 Å². The van der Waals surface area contributed by atoms with Gasteiger partial charge in [0.05, 0.1) is 11.6 Å². The van der Waals surface area contributed by atoms with Gasteiger partial charge in [-0.2, -0.15) is 0 Å². The number of thiazole rings is 1. The first-order chi connectivity index (χ1) is 8.19. The normalized spacial score (nSPS) is 10.5. The molecule has 0 aliphatic carbocycles. The molecule has 0 aliphatic heterocycles. The minimum absolute atomic E-state index is 0.842. The van der Waals surface area contributed by atoms with E-state index < -0.39 is 0 Å². The molecule has 17 heavy (non-hydrogen) atoms. The summed E-state index contributed by atoms with van der Waals surface area (Å²) in [7, 11) is 0. The number of aromatic nitrogens is 1. The quantitative estimate of drug-likeness (QED) is 0.906. The molecule has 4 heteroatoms. The van der Waals surface area contributed by atoms with Crippen LogP contribution in [0.15, 0.2) is 28.9 Å². The molecule has 1 aromatic heterocycles. The lowest BCUT2D eigenvalue weighted by Crippen LogP contribution is -1.99. The zero-order valence-electron chi connectivity index (χ0n) is 9.96. The Morgan fingerprint density at radius 2 is 2.24 bits per heavy atom. The fraction of sp³-hybridized carbons (Fsp3) is 0.308.